The van der Waals surface area contributed by atoms with E-state index >= 15 is 0 Å². The Balaban J connectivity index is 1.70. The first-order chi connectivity index (χ1) is 41.1. The Hall–Kier alpha value is -3.35. The lowest BCUT2D eigenvalue weighted by Crippen LogP contribution is -2.65. The third-order valence-corrected chi connectivity index (χ3v) is 15.5. The molecule has 2 heterocycles. The van der Waals surface area contributed by atoms with Gasteiger partial charge in [-0.3, -0.25) is 4.79 Å². The summed E-state index contributed by atoms with van der Waals surface area (Å²) in [4.78, 5) is 13.3. The van der Waals surface area contributed by atoms with Gasteiger partial charge in [0.2, 0.25) is 5.91 Å². The van der Waals surface area contributed by atoms with Crippen molar-refractivity contribution in [3.05, 3.63) is 109 Å². The number of hydrogen-bond donors (Lipinski definition) is 9. The molecule has 2 fully saturated rings. The van der Waals surface area contributed by atoms with E-state index in [9.17, 15) is 45.6 Å². The maximum Gasteiger partial charge on any atom is 0.220 e. The zero-order valence-corrected chi connectivity index (χ0v) is 52.1. The van der Waals surface area contributed by atoms with Crippen molar-refractivity contribution in [2.24, 2.45) is 0 Å². The maximum atomic E-state index is 13.3. The minimum absolute atomic E-state index is 0.229. The van der Waals surface area contributed by atoms with E-state index in [1.165, 1.54) is 83.5 Å². The maximum absolute atomic E-state index is 13.3. The summed E-state index contributed by atoms with van der Waals surface area (Å²) in [5, 5.41) is 87.4. The summed E-state index contributed by atoms with van der Waals surface area (Å²) < 4.78 is 22.9. The van der Waals surface area contributed by atoms with Gasteiger partial charge in [-0.05, 0) is 83.5 Å². The zero-order valence-electron chi connectivity index (χ0n) is 52.1. The molecule has 84 heavy (non-hydrogen) atoms. The van der Waals surface area contributed by atoms with Gasteiger partial charge in [-0.2, -0.15) is 0 Å². The SMILES string of the molecule is CC/C=C\C/C=C\C/C=C\C/C=C\C/C=C\C/C=C\C/C=C\C/C=C\C/C=C\CCCCCCCC(=O)NC(COC1OC(CO)C(OC2OC(CO)C(O)C(O)C2O)C(O)C1O)C(O)CCCCCCCCCCCCCCCCCCC. The molecular formula is C70H119NO13. The van der Waals surface area contributed by atoms with Crippen molar-refractivity contribution in [3.63, 3.8) is 0 Å². The van der Waals surface area contributed by atoms with Crippen molar-refractivity contribution < 1.29 is 64.6 Å². The first-order valence-electron chi connectivity index (χ1n) is 33.1. The smallest absolute Gasteiger partial charge is 0.220 e. The fraction of sp³-hybridized carbons (Fsp3) is 0.729. The van der Waals surface area contributed by atoms with Crippen LogP contribution in [-0.4, -0.2) is 140 Å². The Bertz CT molecular complexity index is 1820. The number of unbranched alkanes of at least 4 members (excludes halogenated alkanes) is 21. The van der Waals surface area contributed by atoms with Crippen molar-refractivity contribution >= 4 is 5.91 Å². The molecular weight excluding hydrogens is 1060 g/mol. The number of carbonyl (C=O) groups excluding carboxylic acids is 1. The van der Waals surface area contributed by atoms with Gasteiger partial charge in [-0.15, -0.1) is 0 Å². The summed E-state index contributed by atoms with van der Waals surface area (Å²) >= 11 is 0. The number of nitrogens with one attached hydrogen (secondary N) is 1. The second-order valence-corrected chi connectivity index (χ2v) is 22.9. The Kier molecular flexibility index (Phi) is 49.2. The molecule has 14 heteroatoms. The van der Waals surface area contributed by atoms with Crippen LogP contribution < -0.4 is 5.32 Å². The number of aliphatic hydroxyl groups excluding tert-OH is 8. The quantitative estimate of drug-likeness (QED) is 0.0204. The lowest BCUT2D eigenvalue weighted by molar-refractivity contribution is -0.359. The third-order valence-electron chi connectivity index (χ3n) is 15.5. The van der Waals surface area contributed by atoms with Crippen molar-refractivity contribution in [2.75, 3.05) is 19.8 Å². The molecule has 9 N–H and O–H groups in total. The molecule has 0 aromatic rings. The van der Waals surface area contributed by atoms with E-state index in [-0.39, 0.29) is 18.9 Å². The van der Waals surface area contributed by atoms with Gasteiger partial charge in [0.05, 0.1) is 32.0 Å². The van der Waals surface area contributed by atoms with Gasteiger partial charge in [0.25, 0.3) is 0 Å². The highest BCUT2D eigenvalue weighted by Gasteiger charge is 2.51. The third kappa shape index (κ3) is 38.0. The van der Waals surface area contributed by atoms with E-state index < -0.39 is 86.8 Å². The minimum atomic E-state index is -1.79. The van der Waals surface area contributed by atoms with Crippen LogP contribution in [0, 0.1) is 0 Å². The van der Waals surface area contributed by atoms with E-state index in [2.05, 4.69) is 129 Å². The van der Waals surface area contributed by atoms with Crippen LogP contribution in [0.25, 0.3) is 0 Å². The standard InChI is InChI=1S/C70H119NO13/c1-3-5-7-9-11-13-15-17-19-21-22-23-24-25-26-27-28-29-30-31-32-33-34-35-36-38-40-42-44-46-48-50-52-54-62(75)71-58(59(74)53-51-49-47-45-43-41-39-37-20-18-16-14-12-10-8-6-4-2)57-81-69-67(80)65(78)68(61(56-73)83-69)84-70-66(79)64(77)63(76)60(55-72)82-70/h5,7,11,13,17,19,22-23,25-26,28-29,31-32,34-35,38,40,58-61,63-70,72-74,76-80H,3-4,6,8-10,12,14-16,18,20-21,24,27,30,33,36-37,39,41-57H2,1-2H3,(H,71,75)/b7-5-,13-11-,19-17-,23-22-,26-25-,29-28-,32-31-,35-34-,40-38-. The molecule has 0 bridgehead atoms. The molecule has 0 aromatic heterocycles. The number of aliphatic hydroxyl groups is 8. The number of allylic oxidation sites excluding steroid dienone is 18. The molecule has 0 saturated carbocycles. The highest BCUT2D eigenvalue weighted by Crippen LogP contribution is 2.30. The monoisotopic (exact) mass is 1180 g/mol. The van der Waals surface area contributed by atoms with E-state index in [4.69, 9.17) is 18.9 Å². The molecule has 0 radical (unpaired) electrons. The molecule has 12 atom stereocenters. The molecule has 12 unspecified atom stereocenters. The summed E-state index contributed by atoms with van der Waals surface area (Å²) in [6.45, 7) is 2.73. The molecule has 0 aromatic carbocycles. The van der Waals surface area contributed by atoms with Gasteiger partial charge < -0.3 is 65.1 Å². The van der Waals surface area contributed by atoms with Gasteiger partial charge in [-0.25, -0.2) is 0 Å². The predicted octanol–water partition coefficient (Wildman–Crippen LogP) is 12.8. The Morgan fingerprint density at radius 3 is 1.26 bits per heavy atom. The van der Waals surface area contributed by atoms with Crippen LogP contribution in [0.5, 0.6) is 0 Å². The van der Waals surface area contributed by atoms with Gasteiger partial charge in [0.15, 0.2) is 12.6 Å². The van der Waals surface area contributed by atoms with Crippen LogP contribution in [0.4, 0.5) is 0 Å². The summed E-state index contributed by atoms with van der Waals surface area (Å²) in [6, 6.07) is -0.848. The molecule has 2 rings (SSSR count). The van der Waals surface area contributed by atoms with Crippen LogP contribution >= 0.6 is 0 Å². The van der Waals surface area contributed by atoms with Gasteiger partial charge >= 0.3 is 0 Å². The Morgan fingerprint density at radius 1 is 0.440 bits per heavy atom. The molecule has 0 spiro atoms. The van der Waals surface area contributed by atoms with Crippen molar-refractivity contribution in [3.8, 4) is 0 Å². The first-order valence-corrected chi connectivity index (χ1v) is 33.1. The number of amides is 1. The van der Waals surface area contributed by atoms with Crippen molar-refractivity contribution in [1.82, 2.24) is 5.32 Å². The molecule has 0 aliphatic carbocycles. The fourth-order valence-electron chi connectivity index (χ4n) is 10.2. The van der Waals surface area contributed by atoms with Crippen LogP contribution in [0.15, 0.2) is 109 Å². The average molecular weight is 1180 g/mol. The lowest BCUT2D eigenvalue weighted by Gasteiger charge is -2.46. The number of rotatable bonds is 52. The molecule has 2 saturated heterocycles. The van der Waals surface area contributed by atoms with Gasteiger partial charge in [0, 0.05) is 6.42 Å². The molecule has 2 aliphatic heterocycles. The highest BCUT2D eigenvalue weighted by atomic mass is 16.7. The van der Waals surface area contributed by atoms with Crippen LogP contribution in [0.2, 0.25) is 0 Å². The number of hydrogen-bond acceptors (Lipinski definition) is 13. The van der Waals surface area contributed by atoms with E-state index in [1.54, 1.807) is 0 Å². The molecule has 2 aliphatic rings. The van der Waals surface area contributed by atoms with Crippen LogP contribution in [-0.2, 0) is 23.7 Å². The Labute approximate surface area is 508 Å². The Morgan fingerprint density at radius 2 is 0.821 bits per heavy atom. The fourth-order valence-corrected chi connectivity index (χ4v) is 10.2. The number of carbonyl (C=O) groups is 1. The molecule has 1 amide bonds. The zero-order chi connectivity index (χ0) is 60.9. The van der Waals surface area contributed by atoms with E-state index in [1.807, 2.05) is 0 Å². The average Bonchev–Trinajstić information content (AvgIpc) is 3.17. The summed E-state index contributed by atoms with van der Waals surface area (Å²) in [5.74, 6) is -0.229. The van der Waals surface area contributed by atoms with Crippen LogP contribution in [0.3, 0.4) is 0 Å². The largest absolute Gasteiger partial charge is 0.394 e. The van der Waals surface area contributed by atoms with Gasteiger partial charge in [0.1, 0.15) is 48.8 Å². The lowest BCUT2D eigenvalue weighted by atomic mass is 9.97. The molecule has 14 nitrogen and oxygen atoms in total. The predicted molar refractivity (Wildman–Crippen MR) is 341 cm³/mol. The first kappa shape index (κ1) is 76.7. The highest BCUT2D eigenvalue weighted by molar-refractivity contribution is 5.76. The van der Waals surface area contributed by atoms with Crippen LogP contribution in [0.1, 0.15) is 232 Å². The summed E-state index contributed by atoms with van der Waals surface area (Å²) in [6.07, 6.45) is 59.4. The minimum Gasteiger partial charge on any atom is -0.394 e. The number of ether oxygens (including phenoxy) is 4. The normalized spacial score (nSPS) is 24.4. The van der Waals surface area contributed by atoms with E-state index in [0.717, 1.165) is 116 Å². The summed E-state index contributed by atoms with van der Waals surface area (Å²) in [7, 11) is 0. The van der Waals surface area contributed by atoms with Crippen molar-refractivity contribution in [1.29, 1.82) is 0 Å². The van der Waals surface area contributed by atoms with Crippen molar-refractivity contribution in [2.45, 2.75) is 306 Å². The second kappa shape index (κ2) is 53.9. The second-order valence-electron chi connectivity index (χ2n) is 22.9. The van der Waals surface area contributed by atoms with Gasteiger partial charge in [-0.1, -0.05) is 252 Å². The molecule has 482 valence electrons. The topological polar surface area (TPSA) is 228 Å². The van der Waals surface area contributed by atoms with E-state index in [0.29, 0.717) is 12.8 Å². The summed E-state index contributed by atoms with van der Waals surface area (Å²) in [5.41, 5.74) is 0.